The second-order valence-electron chi connectivity index (χ2n) is 5.02. The molecule has 1 saturated carbocycles. The van der Waals surface area contributed by atoms with Crippen LogP contribution in [0.1, 0.15) is 37.7 Å². The van der Waals surface area contributed by atoms with Crippen LogP contribution in [0.5, 0.6) is 0 Å². The van der Waals surface area contributed by atoms with Gasteiger partial charge in [-0.1, -0.05) is 31.4 Å². The lowest BCUT2D eigenvalue weighted by Gasteiger charge is -2.20. The second-order valence-corrected chi connectivity index (χ2v) is 5.02. The van der Waals surface area contributed by atoms with Gasteiger partial charge in [0.15, 0.2) is 0 Å². The standard InChI is InChI=1S/C15H21FN2/c16-14-8-4-5-12(11-14)9-10-18-15(17)13-6-2-1-3-7-13/h4-5,8,11,13H,1-3,6-7,9-10H2,(H2,17,18). The first-order chi connectivity index (χ1) is 8.75. The number of halogens is 1. The maximum absolute atomic E-state index is 13.0. The lowest BCUT2D eigenvalue weighted by Crippen LogP contribution is -2.26. The van der Waals surface area contributed by atoms with Gasteiger partial charge in [0, 0.05) is 12.5 Å². The Morgan fingerprint density at radius 2 is 2.06 bits per heavy atom. The number of hydrogen-bond acceptors (Lipinski definition) is 1. The molecule has 0 spiro atoms. The summed E-state index contributed by atoms with van der Waals surface area (Å²) in [4.78, 5) is 4.44. The van der Waals surface area contributed by atoms with Crippen LogP contribution in [-0.4, -0.2) is 12.4 Å². The molecule has 1 aromatic rings. The molecule has 0 bridgehead atoms. The van der Waals surface area contributed by atoms with E-state index in [4.69, 9.17) is 5.73 Å². The Bertz CT molecular complexity index is 409. The van der Waals surface area contributed by atoms with E-state index in [1.165, 1.54) is 38.2 Å². The average Bonchev–Trinajstić information content (AvgIpc) is 2.40. The minimum Gasteiger partial charge on any atom is -0.387 e. The smallest absolute Gasteiger partial charge is 0.123 e. The molecule has 0 saturated heterocycles. The first-order valence-corrected chi connectivity index (χ1v) is 6.80. The van der Waals surface area contributed by atoms with Crippen molar-refractivity contribution in [3.05, 3.63) is 35.6 Å². The van der Waals surface area contributed by atoms with Crippen LogP contribution in [0, 0.1) is 11.7 Å². The lowest BCUT2D eigenvalue weighted by atomic mass is 9.88. The highest BCUT2D eigenvalue weighted by atomic mass is 19.1. The molecule has 1 aliphatic rings. The maximum atomic E-state index is 13.0. The number of rotatable bonds is 4. The molecule has 98 valence electrons. The van der Waals surface area contributed by atoms with E-state index in [0.29, 0.717) is 12.5 Å². The van der Waals surface area contributed by atoms with E-state index in [9.17, 15) is 4.39 Å². The first kappa shape index (κ1) is 13.1. The Kier molecular flexibility index (Phi) is 4.73. The van der Waals surface area contributed by atoms with Crippen LogP contribution >= 0.6 is 0 Å². The number of benzene rings is 1. The number of hydrogen-bond donors (Lipinski definition) is 1. The molecular formula is C15H21FN2. The second kappa shape index (κ2) is 6.53. The van der Waals surface area contributed by atoms with Crippen molar-refractivity contribution in [2.75, 3.05) is 6.54 Å². The molecule has 1 aliphatic carbocycles. The zero-order valence-electron chi connectivity index (χ0n) is 10.7. The molecule has 2 nitrogen and oxygen atoms in total. The van der Waals surface area contributed by atoms with E-state index in [1.807, 2.05) is 6.07 Å². The van der Waals surface area contributed by atoms with Gasteiger partial charge in [0.2, 0.25) is 0 Å². The molecule has 18 heavy (non-hydrogen) atoms. The van der Waals surface area contributed by atoms with Crippen LogP contribution in [0.25, 0.3) is 0 Å². The molecule has 2 rings (SSSR count). The van der Waals surface area contributed by atoms with E-state index in [2.05, 4.69) is 4.99 Å². The molecule has 0 unspecified atom stereocenters. The van der Waals surface area contributed by atoms with Gasteiger partial charge >= 0.3 is 0 Å². The molecule has 1 aromatic carbocycles. The third kappa shape index (κ3) is 3.83. The van der Waals surface area contributed by atoms with Crippen LogP contribution in [-0.2, 0) is 6.42 Å². The Morgan fingerprint density at radius 1 is 1.28 bits per heavy atom. The van der Waals surface area contributed by atoms with Crippen molar-refractivity contribution in [3.63, 3.8) is 0 Å². The number of amidine groups is 1. The van der Waals surface area contributed by atoms with Crippen LogP contribution in [0.15, 0.2) is 29.3 Å². The van der Waals surface area contributed by atoms with Gasteiger partial charge in [0.25, 0.3) is 0 Å². The van der Waals surface area contributed by atoms with E-state index in [0.717, 1.165) is 17.8 Å². The van der Waals surface area contributed by atoms with Gasteiger partial charge in [-0.15, -0.1) is 0 Å². The lowest BCUT2D eigenvalue weighted by molar-refractivity contribution is 0.436. The normalized spacial score (nSPS) is 17.9. The fraction of sp³-hybridized carbons (Fsp3) is 0.533. The SMILES string of the molecule is NC(=NCCc1cccc(F)c1)C1CCCCC1. The summed E-state index contributed by atoms with van der Waals surface area (Å²) in [6, 6.07) is 6.68. The number of aliphatic imine (C=N–C) groups is 1. The van der Waals surface area contributed by atoms with Gasteiger partial charge in [-0.05, 0) is 37.0 Å². The largest absolute Gasteiger partial charge is 0.387 e. The molecular weight excluding hydrogens is 227 g/mol. The third-order valence-corrected chi connectivity index (χ3v) is 3.61. The topological polar surface area (TPSA) is 38.4 Å². The molecule has 0 heterocycles. The highest BCUT2D eigenvalue weighted by Crippen LogP contribution is 2.23. The van der Waals surface area contributed by atoms with Gasteiger partial charge in [-0.3, -0.25) is 4.99 Å². The summed E-state index contributed by atoms with van der Waals surface area (Å²) in [5, 5.41) is 0. The summed E-state index contributed by atoms with van der Waals surface area (Å²) in [6.45, 7) is 0.659. The Balaban J connectivity index is 1.83. The van der Waals surface area contributed by atoms with Crippen molar-refractivity contribution in [1.29, 1.82) is 0 Å². The summed E-state index contributed by atoms with van der Waals surface area (Å²) in [6.07, 6.45) is 6.97. The van der Waals surface area contributed by atoms with Crippen LogP contribution in [0.2, 0.25) is 0 Å². The average molecular weight is 248 g/mol. The summed E-state index contributed by atoms with van der Waals surface area (Å²) in [5.74, 6) is 1.09. The van der Waals surface area contributed by atoms with Crippen molar-refractivity contribution in [2.24, 2.45) is 16.6 Å². The van der Waals surface area contributed by atoms with Gasteiger partial charge < -0.3 is 5.73 Å². The van der Waals surface area contributed by atoms with Crippen molar-refractivity contribution in [2.45, 2.75) is 38.5 Å². The Morgan fingerprint density at radius 3 is 2.78 bits per heavy atom. The van der Waals surface area contributed by atoms with Crippen molar-refractivity contribution in [3.8, 4) is 0 Å². The molecule has 2 N–H and O–H groups in total. The third-order valence-electron chi connectivity index (χ3n) is 3.61. The quantitative estimate of drug-likeness (QED) is 0.644. The Labute approximate surface area is 108 Å². The van der Waals surface area contributed by atoms with E-state index < -0.39 is 0 Å². The molecule has 1 fully saturated rings. The van der Waals surface area contributed by atoms with Gasteiger partial charge in [0.05, 0.1) is 5.84 Å². The number of nitrogens with two attached hydrogens (primary N) is 1. The highest BCUT2D eigenvalue weighted by molar-refractivity contribution is 5.82. The van der Waals surface area contributed by atoms with Crippen molar-refractivity contribution in [1.82, 2.24) is 0 Å². The van der Waals surface area contributed by atoms with Crippen molar-refractivity contribution >= 4 is 5.84 Å². The van der Waals surface area contributed by atoms with Gasteiger partial charge in [-0.2, -0.15) is 0 Å². The summed E-state index contributed by atoms with van der Waals surface area (Å²) in [5.41, 5.74) is 7.00. The molecule has 0 aliphatic heterocycles. The molecule has 0 atom stereocenters. The number of nitrogens with zero attached hydrogens (tertiary/aromatic N) is 1. The van der Waals surface area contributed by atoms with E-state index in [1.54, 1.807) is 12.1 Å². The molecule has 3 heteroatoms. The summed E-state index contributed by atoms with van der Waals surface area (Å²) >= 11 is 0. The van der Waals surface area contributed by atoms with E-state index >= 15 is 0 Å². The summed E-state index contributed by atoms with van der Waals surface area (Å²) in [7, 11) is 0. The van der Waals surface area contributed by atoms with Gasteiger partial charge in [0.1, 0.15) is 5.82 Å². The predicted molar refractivity (Wildman–Crippen MR) is 73.2 cm³/mol. The fourth-order valence-electron chi connectivity index (χ4n) is 2.53. The molecule has 0 amide bonds. The van der Waals surface area contributed by atoms with Crippen LogP contribution < -0.4 is 5.73 Å². The summed E-state index contributed by atoms with van der Waals surface area (Å²) < 4.78 is 13.0. The van der Waals surface area contributed by atoms with Crippen LogP contribution in [0.3, 0.4) is 0 Å². The predicted octanol–water partition coefficient (Wildman–Crippen LogP) is 3.31. The monoisotopic (exact) mass is 248 g/mol. The fourth-order valence-corrected chi connectivity index (χ4v) is 2.53. The first-order valence-electron chi connectivity index (χ1n) is 6.80. The van der Waals surface area contributed by atoms with E-state index in [-0.39, 0.29) is 5.82 Å². The zero-order valence-corrected chi connectivity index (χ0v) is 10.7. The minimum atomic E-state index is -0.184. The maximum Gasteiger partial charge on any atom is 0.123 e. The highest BCUT2D eigenvalue weighted by Gasteiger charge is 2.16. The van der Waals surface area contributed by atoms with Crippen LogP contribution in [0.4, 0.5) is 4.39 Å². The molecule has 0 radical (unpaired) electrons. The van der Waals surface area contributed by atoms with Crippen molar-refractivity contribution < 1.29 is 4.39 Å². The van der Waals surface area contributed by atoms with Gasteiger partial charge in [-0.25, -0.2) is 4.39 Å². The Hall–Kier alpha value is -1.38. The molecule has 0 aromatic heterocycles. The minimum absolute atomic E-state index is 0.184. The zero-order chi connectivity index (χ0) is 12.8.